The summed E-state index contributed by atoms with van der Waals surface area (Å²) in [5, 5.41) is 3.17. The van der Waals surface area contributed by atoms with Gasteiger partial charge in [0.15, 0.2) is 0 Å². The second-order valence-electron chi connectivity index (χ2n) is 9.17. The third kappa shape index (κ3) is 5.48. The summed E-state index contributed by atoms with van der Waals surface area (Å²) in [5.41, 5.74) is 2.40. The van der Waals surface area contributed by atoms with Gasteiger partial charge in [-0.25, -0.2) is 8.42 Å². The van der Waals surface area contributed by atoms with Crippen LogP contribution in [0.5, 0.6) is 0 Å². The van der Waals surface area contributed by atoms with E-state index in [-0.39, 0.29) is 26.9 Å². The second-order valence-corrected chi connectivity index (χ2v) is 11.5. The van der Waals surface area contributed by atoms with Crippen LogP contribution >= 0.6 is 11.6 Å². The third-order valence-electron chi connectivity index (χ3n) is 5.76. The number of carbonyl (C=O) groups is 1. The molecule has 5 nitrogen and oxygen atoms in total. The summed E-state index contributed by atoms with van der Waals surface area (Å²) in [7, 11) is -3.64. The predicted octanol–water partition coefficient (Wildman–Crippen LogP) is 5.30. The Labute approximate surface area is 190 Å². The lowest BCUT2D eigenvalue weighted by Crippen LogP contribution is -2.35. The first-order valence-electron chi connectivity index (χ1n) is 10.7. The number of hydrogen-bond acceptors (Lipinski definition) is 3. The number of halogens is 1. The molecule has 0 unspecified atom stereocenters. The molecule has 1 heterocycles. The molecular formula is C24H31ClN2O3S. The molecule has 0 radical (unpaired) electrons. The lowest BCUT2D eigenvalue weighted by Gasteiger charge is -2.26. The van der Waals surface area contributed by atoms with E-state index < -0.39 is 15.9 Å². The summed E-state index contributed by atoms with van der Waals surface area (Å²) in [6.07, 6.45) is 2.74. The van der Waals surface area contributed by atoms with Crippen LogP contribution in [-0.4, -0.2) is 31.7 Å². The van der Waals surface area contributed by atoms with Crippen LogP contribution in [0, 0.1) is 0 Å². The summed E-state index contributed by atoms with van der Waals surface area (Å²) in [6, 6.07) is 12.2. The van der Waals surface area contributed by atoms with Gasteiger partial charge in [0.1, 0.15) is 0 Å². The van der Waals surface area contributed by atoms with Crippen molar-refractivity contribution in [3.8, 4) is 0 Å². The minimum Gasteiger partial charge on any atom is -0.345 e. The van der Waals surface area contributed by atoms with Gasteiger partial charge >= 0.3 is 0 Å². The number of hydrogen-bond donors (Lipinski definition) is 1. The second kappa shape index (κ2) is 9.31. The summed E-state index contributed by atoms with van der Waals surface area (Å²) < 4.78 is 27.4. The Morgan fingerprint density at radius 2 is 1.65 bits per heavy atom. The molecule has 3 rings (SSSR count). The van der Waals surface area contributed by atoms with E-state index in [4.69, 9.17) is 11.6 Å². The van der Waals surface area contributed by atoms with Gasteiger partial charge in [0.05, 0.1) is 21.5 Å². The van der Waals surface area contributed by atoms with Gasteiger partial charge in [-0.3, -0.25) is 4.79 Å². The zero-order chi connectivity index (χ0) is 22.8. The molecule has 2 aromatic rings. The summed E-state index contributed by atoms with van der Waals surface area (Å²) in [5.74, 6) is -0.395. The Balaban J connectivity index is 1.79. The molecule has 1 atom stereocenters. The highest BCUT2D eigenvalue weighted by Crippen LogP contribution is 2.27. The van der Waals surface area contributed by atoms with E-state index in [0.717, 1.165) is 24.8 Å². The molecule has 31 heavy (non-hydrogen) atoms. The number of benzene rings is 2. The zero-order valence-corrected chi connectivity index (χ0v) is 20.2. The van der Waals surface area contributed by atoms with Gasteiger partial charge in [0.25, 0.3) is 5.91 Å². The average Bonchev–Trinajstić information content (AvgIpc) is 2.74. The first-order valence-corrected chi connectivity index (χ1v) is 12.5. The van der Waals surface area contributed by atoms with Crippen molar-refractivity contribution in [3.05, 3.63) is 64.2 Å². The van der Waals surface area contributed by atoms with Gasteiger partial charge in [-0.15, -0.1) is 0 Å². The minimum absolute atomic E-state index is 0.0544. The standard InChI is InChI=1S/C24H31ClN2O3S/c1-17(18-8-10-19(11-9-18)24(2,3)4)26-23(28)21-16-20(12-13-22(21)25)31(29,30)27-14-6-5-7-15-27/h8-13,16-17H,5-7,14-15H2,1-4H3,(H,26,28)/t17-/m1/s1. The molecule has 7 heteroatoms. The van der Waals surface area contributed by atoms with Crippen molar-refractivity contribution < 1.29 is 13.2 Å². The van der Waals surface area contributed by atoms with Crippen LogP contribution in [0.25, 0.3) is 0 Å². The van der Waals surface area contributed by atoms with Crippen molar-refractivity contribution in [2.24, 2.45) is 0 Å². The van der Waals surface area contributed by atoms with E-state index in [9.17, 15) is 13.2 Å². The zero-order valence-electron chi connectivity index (χ0n) is 18.6. The monoisotopic (exact) mass is 462 g/mol. The maximum atomic E-state index is 13.0. The smallest absolute Gasteiger partial charge is 0.253 e. The predicted molar refractivity (Wildman–Crippen MR) is 125 cm³/mol. The number of amides is 1. The SMILES string of the molecule is C[C@@H](NC(=O)c1cc(S(=O)(=O)N2CCCCC2)ccc1Cl)c1ccc(C(C)(C)C)cc1. The highest BCUT2D eigenvalue weighted by Gasteiger charge is 2.27. The lowest BCUT2D eigenvalue weighted by molar-refractivity contribution is 0.0940. The molecule has 1 fully saturated rings. The molecule has 0 saturated carbocycles. The first-order chi connectivity index (χ1) is 14.5. The Bertz CT molecular complexity index is 1040. The van der Waals surface area contributed by atoms with Crippen LogP contribution in [0.1, 0.15) is 74.5 Å². The molecule has 1 saturated heterocycles. The molecule has 1 aliphatic rings. The third-order valence-corrected chi connectivity index (χ3v) is 7.98. The highest BCUT2D eigenvalue weighted by molar-refractivity contribution is 7.89. The fraction of sp³-hybridized carbons (Fsp3) is 0.458. The van der Waals surface area contributed by atoms with Crippen molar-refractivity contribution in [2.75, 3.05) is 13.1 Å². The van der Waals surface area contributed by atoms with E-state index in [1.165, 1.54) is 28.1 Å². The van der Waals surface area contributed by atoms with E-state index >= 15 is 0 Å². The number of carbonyl (C=O) groups excluding carboxylic acids is 1. The lowest BCUT2D eigenvalue weighted by atomic mass is 9.86. The van der Waals surface area contributed by atoms with Gasteiger partial charge in [0.2, 0.25) is 10.0 Å². The van der Waals surface area contributed by atoms with Crippen molar-refractivity contribution in [1.82, 2.24) is 9.62 Å². The van der Waals surface area contributed by atoms with E-state index in [1.54, 1.807) is 0 Å². The number of piperidine rings is 1. The number of nitrogens with zero attached hydrogens (tertiary/aromatic N) is 1. The largest absolute Gasteiger partial charge is 0.345 e. The first kappa shape index (κ1) is 23.8. The number of sulfonamides is 1. The summed E-state index contributed by atoms with van der Waals surface area (Å²) in [6.45, 7) is 9.37. The molecule has 0 aromatic heterocycles. The summed E-state index contributed by atoms with van der Waals surface area (Å²) >= 11 is 6.26. The quantitative estimate of drug-likeness (QED) is 0.655. The van der Waals surface area contributed by atoms with Gasteiger partial charge in [-0.1, -0.05) is 63.1 Å². The van der Waals surface area contributed by atoms with Crippen LogP contribution in [0.15, 0.2) is 47.4 Å². The van der Waals surface area contributed by atoms with Crippen molar-refractivity contribution in [3.63, 3.8) is 0 Å². The van der Waals surface area contributed by atoms with Crippen molar-refractivity contribution >= 4 is 27.5 Å². The van der Waals surface area contributed by atoms with Gasteiger partial charge in [-0.05, 0) is 54.5 Å². The fourth-order valence-electron chi connectivity index (χ4n) is 3.72. The Morgan fingerprint density at radius 1 is 1.03 bits per heavy atom. The number of rotatable bonds is 5. The molecule has 2 aromatic carbocycles. The minimum atomic E-state index is -3.64. The molecule has 1 amide bonds. The highest BCUT2D eigenvalue weighted by atomic mass is 35.5. The van der Waals surface area contributed by atoms with E-state index in [1.807, 2.05) is 19.1 Å². The maximum Gasteiger partial charge on any atom is 0.253 e. The molecule has 0 aliphatic carbocycles. The van der Waals surface area contributed by atoms with Crippen LogP contribution in [0.4, 0.5) is 0 Å². The van der Waals surface area contributed by atoms with E-state index in [2.05, 4.69) is 38.2 Å². The Kier molecular flexibility index (Phi) is 7.14. The molecule has 168 valence electrons. The van der Waals surface area contributed by atoms with Gasteiger partial charge in [0, 0.05) is 13.1 Å². The van der Waals surface area contributed by atoms with Crippen LogP contribution in [-0.2, 0) is 15.4 Å². The van der Waals surface area contributed by atoms with Crippen LogP contribution in [0.3, 0.4) is 0 Å². The topological polar surface area (TPSA) is 66.5 Å². The van der Waals surface area contributed by atoms with Crippen molar-refractivity contribution in [2.45, 2.75) is 63.3 Å². The Hall–Kier alpha value is -1.89. The molecule has 0 bridgehead atoms. The van der Waals surface area contributed by atoms with Crippen molar-refractivity contribution in [1.29, 1.82) is 0 Å². The maximum absolute atomic E-state index is 13.0. The average molecular weight is 463 g/mol. The molecule has 0 spiro atoms. The fourth-order valence-corrected chi connectivity index (χ4v) is 5.47. The molecule has 1 aliphatic heterocycles. The summed E-state index contributed by atoms with van der Waals surface area (Å²) in [4.78, 5) is 13.0. The normalized spacial score (nSPS) is 16.7. The molecular weight excluding hydrogens is 432 g/mol. The Morgan fingerprint density at radius 3 is 2.23 bits per heavy atom. The van der Waals surface area contributed by atoms with Gasteiger partial charge in [-0.2, -0.15) is 4.31 Å². The van der Waals surface area contributed by atoms with Gasteiger partial charge < -0.3 is 5.32 Å². The number of nitrogens with one attached hydrogen (secondary N) is 1. The van der Waals surface area contributed by atoms with Crippen LogP contribution < -0.4 is 5.32 Å². The van der Waals surface area contributed by atoms with Crippen LogP contribution in [0.2, 0.25) is 5.02 Å². The van der Waals surface area contributed by atoms with E-state index in [0.29, 0.717) is 13.1 Å². The molecule has 1 N–H and O–H groups in total.